The van der Waals surface area contributed by atoms with Gasteiger partial charge in [0.2, 0.25) is 0 Å². The first kappa shape index (κ1) is 15.8. The summed E-state index contributed by atoms with van der Waals surface area (Å²) in [6.07, 6.45) is 9.33. The lowest BCUT2D eigenvalue weighted by molar-refractivity contribution is -0.138. The highest BCUT2D eigenvalue weighted by Crippen LogP contribution is 2.30. The molecule has 0 bridgehead atoms. The molecule has 2 fully saturated rings. The normalized spacial score (nSPS) is 30.1. The Balaban J connectivity index is 1.75. The molecule has 1 heterocycles. The van der Waals surface area contributed by atoms with Crippen LogP contribution >= 0.6 is 0 Å². The van der Waals surface area contributed by atoms with Crippen LogP contribution < -0.4 is 0 Å². The van der Waals surface area contributed by atoms with E-state index in [9.17, 15) is 4.79 Å². The van der Waals surface area contributed by atoms with Gasteiger partial charge in [0.1, 0.15) is 0 Å². The molecular formula is C16H30N2O2. The number of hydrogen-bond donors (Lipinski definition) is 1. The molecule has 0 amide bonds. The van der Waals surface area contributed by atoms with Crippen molar-refractivity contribution < 1.29 is 9.90 Å². The summed E-state index contributed by atoms with van der Waals surface area (Å²) in [5, 5.41) is 8.90. The molecule has 2 rings (SSSR count). The third kappa shape index (κ3) is 4.74. The van der Waals surface area contributed by atoms with E-state index in [1.54, 1.807) is 0 Å². The molecule has 1 saturated carbocycles. The highest BCUT2D eigenvalue weighted by Gasteiger charge is 2.27. The van der Waals surface area contributed by atoms with Crippen molar-refractivity contribution >= 4 is 5.97 Å². The van der Waals surface area contributed by atoms with E-state index in [0.29, 0.717) is 0 Å². The number of nitrogens with zero attached hydrogens (tertiary/aromatic N) is 2. The average Bonchev–Trinajstić information content (AvgIpc) is 2.65. The topological polar surface area (TPSA) is 43.8 Å². The minimum Gasteiger partial charge on any atom is -0.480 e. The molecule has 1 saturated heterocycles. The largest absolute Gasteiger partial charge is 0.480 e. The lowest BCUT2D eigenvalue weighted by Gasteiger charge is -2.36. The third-order valence-electron chi connectivity index (χ3n) is 5.01. The van der Waals surface area contributed by atoms with Gasteiger partial charge >= 0.3 is 5.97 Å². The summed E-state index contributed by atoms with van der Waals surface area (Å²) in [7, 11) is 0. The van der Waals surface area contributed by atoms with Crippen LogP contribution in [0, 0.1) is 5.92 Å². The number of carboxylic acids is 1. The van der Waals surface area contributed by atoms with Gasteiger partial charge in [0, 0.05) is 25.7 Å². The number of aliphatic carboxylic acids is 1. The fourth-order valence-electron chi connectivity index (χ4n) is 3.91. The van der Waals surface area contributed by atoms with E-state index >= 15 is 0 Å². The van der Waals surface area contributed by atoms with E-state index in [1.165, 1.54) is 38.5 Å². The van der Waals surface area contributed by atoms with Gasteiger partial charge in [0.25, 0.3) is 0 Å². The SMILES string of the molecule is CCCC1CCC(N2CCCN(CC(=O)O)CC2)CC1. The van der Waals surface area contributed by atoms with E-state index in [-0.39, 0.29) is 6.54 Å². The molecule has 1 N–H and O–H groups in total. The first-order chi connectivity index (χ1) is 9.69. The van der Waals surface area contributed by atoms with Gasteiger partial charge in [0.05, 0.1) is 6.54 Å². The van der Waals surface area contributed by atoms with Crippen LogP contribution in [0.4, 0.5) is 0 Å². The molecule has 1 aliphatic heterocycles. The Kier molecular flexibility index (Phi) is 6.30. The molecule has 4 heteroatoms. The molecule has 0 aromatic carbocycles. The lowest BCUT2D eigenvalue weighted by atomic mass is 9.83. The zero-order valence-corrected chi connectivity index (χ0v) is 12.9. The summed E-state index contributed by atoms with van der Waals surface area (Å²) in [6, 6.07) is 0.757. The predicted molar refractivity (Wildman–Crippen MR) is 80.9 cm³/mol. The first-order valence-corrected chi connectivity index (χ1v) is 8.37. The van der Waals surface area contributed by atoms with Gasteiger partial charge < -0.3 is 5.11 Å². The molecular weight excluding hydrogens is 252 g/mol. The van der Waals surface area contributed by atoms with Gasteiger partial charge in [-0.05, 0) is 44.6 Å². The Morgan fingerprint density at radius 1 is 1.10 bits per heavy atom. The smallest absolute Gasteiger partial charge is 0.317 e. The second-order valence-corrected chi connectivity index (χ2v) is 6.52. The summed E-state index contributed by atoms with van der Waals surface area (Å²) in [4.78, 5) is 15.5. The zero-order chi connectivity index (χ0) is 14.4. The van der Waals surface area contributed by atoms with E-state index in [1.807, 2.05) is 0 Å². The molecule has 1 aliphatic carbocycles. The Morgan fingerprint density at radius 3 is 2.50 bits per heavy atom. The summed E-state index contributed by atoms with van der Waals surface area (Å²) in [6.45, 7) is 6.56. The zero-order valence-electron chi connectivity index (χ0n) is 12.9. The highest BCUT2D eigenvalue weighted by atomic mass is 16.4. The van der Waals surface area contributed by atoms with Crippen LogP contribution in [0.3, 0.4) is 0 Å². The van der Waals surface area contributed by atoms with Gasteiger partial charge in [0.15, 0.2) is 0 Å². The predicted octanol–water partition coefficient (Wildman–Crippen LogP) is 2.44. The van der Waals surface area contributed by atoms with Crippen molar-refractivity contribution in [3.63, 3.8) is 0 Å². The van der Waals surface area contributed by atoms with Crippen molar-refractivity contribution in [2.75, 3.05) is 32.7 Å². The van der Waals surface area contributed by atoms with Gasteiger partial charge in [-0.3, -0.25) is 14.6 Å². The van der Waals surface area contributed by atoms with E-state index in [0.717, 1.165) is 44.6 Å². The van der Waals surface area contributed by atoms with Gasteiger partial charge in [-0.2, -0.15) is 0 Å². The van der Waals surface area contributed by atoms with Gasteiger partial charge in [-0.15, -0.1) is 0 Å². The standard InChI is InChI=1S/C16H30N2O2/c1-2-4-14-5-7-15(8-6-14)18-10-3-9-17(11-12-18)13-16(19)20/h14-15H,2-13H2,1H3,(H,19,20). The van der Waals surface area contributed by atoms with Crippen molar-refractivity contribution in [2.24, 2.45) is 5.92 Å². The highest BCUT2D eigenvalue weighted by molar-refractivity contribution is 5.69. The third-order valence-corrected chi connectivity index (χ3v) is 5.01. The Hall–Kier alpha value is -0.610. The maximum absolute atomic E-state index is 10.8. The molecule has 116 valence electrons. The maximum atomic E-state index is 10.8. The van der Waals surface area contributed by atoms with Gasteiger partial charge in [-0.1, -0.05) is 19.8 Å². The molecule has 0 atom stereocenters. The fraction of sp³-hybridized carbons (Fsp3) is 0.938. The fourth-order valence-corrected chi connectivity index (χ4v) is 3.91. The van der Waals surface area contributed by atoms with E-state index < -0.39 is 5.97 Å². The summed E-state index contributed by atoms with van der Waals surface area (Å²) < 4.78 is 0. The van der Waals surface area contributed by atoms with Crippen LogP contribution in [0.1, 0.15) is 51.9 Å². The number of hydrogen-bond acceptors (Lipinski definition) is 3. The monoisotopic (exact) mass is 282 g/mol. The van der Waals surface area contributed by atoms with E-state index in [2.05, 4.69) is 16.7 Å². The van der Waals surface area contributed by atoms with Crippen LogP contribution in [0.5, 0.6) is 0 Å². The molecule has 0 radical (unpaired) electrons. The molecule has 0 unspecified atom stereocenters. The lowest BCUT2D eigenvalue weighted by Crippen LogP contribution is -2.41. The number of carbonyl (C=O) groups is 1. The van der Waals surface area contributed by atoms with E-state index in [4.69, 9.17) is 5.11 Å². The van der Waals surface area contributed by atoms with Crippen molar-refractivity contribution in [3.8, 4) is 0 Å². The van der Waals surface area contributed by atoms with Crippen molar-refractivity contribution in [3.05, 3.63) is 0 Å². The van der Waals surface area contributed by atoms with Crippen LogP contribution in [0.15, 0.2) is 0 Å². The van der Waals surface area contributed by atoms with Crippen LogP contribution in [-0.4, -0.2) is 59.6 Å². The molecule has 0 aromatic heterocycles. The van der Waals surface area contributed by atoms with Crippen LogP contribution in [0.2, 0.25) is 0 Å². The van der Waals surface area contributed by atoms with Crippen molar-refractivity contribution in [1.82, 2.24) is 9.80 Å². The second kappa shape index (κ2) is 7.99. The summed E-state index contributed by atoms with van der Waals surface area (Å²) in [5.41, 5.74) is 0. The molecule has 20 heavy (non-hydrogen) atoms. The number of carboxylic acid groups (broad SMARTS) is 1. The minimum atomic E-state index is -0.696. The maximum Gasteiger partial charge on any atom is 0.317 e. The summed E-state index contributed by atoms with van der Waals surface area (Å²) in [5.74, 6) is 0.269. The molecule has 4 nitrogen and oxygen atoms in total. The van der Waals surface area contributed by atoms with Crippen LogP contribution in [-0.2, 0) is 4.79 Å². The minimum absolute atomic E-state index is 0.205. The second-order valence-electron chi connectivity index (χ2n) is 6.52. The van der Waals surface area contributed by atoms with Crippen molar-refractivity contribution in [2.45, 2.75) is 57.9 Å². The number of rotatable bonds is 5. The quantitative estimate of drug-likeness (QED) is 0.841. The van der Waals surface area contributed by atoms with Gasteiger partial charge in [-0.25, -0.2) is 0 Å². The molecule has 0 aromatic rings. The Morgan fingerprint density at radius 2 is 1.85 bits per heavy atom. The molecule has 2 aliphatic rings. The Labute approximate surface area is 123 Å². The van der Waals surface area contributed by atoms with Crippen molar-refractivity contribution in [1.29, 1.82) is 0 Å². The first-order valence-electron chi connectivity index (χ1n) is 8.37. The Bertz CT molecular complexity index is 301. The van der Waals surface area contributed by atoms with Crippen LogP contribution in [0.25, 0.3) is 0 Å². The molecule has 0 spiro atoms. The summed E-state index contributed by atoms with van der Waals surface area (Å²) >= 11 is 0. The average molecular weight is 282 g/mol.